The molecule has 3 nitrogen and oxygen atoms in total. The number of nitrogens with zero attached hydrogens (tertiary/aromatic N) is 2. The number of nitrogens with one attached hydrogen (secondary N) is 1. The van der Waals surface area contributed by atoms with E-state index < -0.39 is 0 Å². The standard InChI is InChI=1S/C14H23N3/c1-6-7-17(11(2)3)14-9-13(10-15-5)8-12(4)16-14/h6,8-9,11,15H,1,7,10H2,2-5H3. The predicted octanol–water partition coefficient (Wildman–Crippen LogP) is 2.51. The van der Waals surface area contributed by atoms with Gasteiger partial charge >= 0.3 is 0 Å². The fourth-order valence-electron chi connectivity index (χ4n) is 1.88. The van der Waals surface area contributed by atoms with Gasteiger partial charge in [-0.1, -0.05) is 6.08 Å². The molecule has 0 fully saturated rings. The molecule has 0 unspecified atom stereocenters. The molecular weight excluding hydrogens is 210 g/mol. The Bertz CT molecular complexity index is 372. The van der Waals surface area contributed by atoms with Crippen LogP contribution >= 0.6 is 0 Å². The summed E-state index contributed by atoms with van der Waals surface area (Å²) in [6, 6.07) is 4.68. The lowest BCUT2D eigenvalue weighted by Crippen LogP contribution is -2.31. The summed E-state index contributed by atoms with van der Waals surface area (Å²) in [5.41, 5.74) is 2.33. The molecule has 1 rings (SSSR count). The largest absolute Gasteiger partial charge is 0.350 e. The van der Waals surface area contributed by atoms with E-state index in [1.165, 1.54) is 5.56 Å². The third-order valence-electron chi connectivity index (χ3n) is 2.62. The van der Waals surface area contributed by atoms with Crippen LogP contribution < -0.4 is 10.2 Å². The zero-order chi connectivity index (χ0) is 12.8. The van der Waals surface area contributed by atoms with Gasteiger partial charge in [-0.3, -0.25) is 0 Å². The first-order valence-corrected chi connectivity index (χ1v) is 6.08. The number of pyridine rings is 1. The molecule has 0 radical (unpaired) electrons. The van der Waals surface area contributed by atoms with E-state index in [2.05, 4.69) is 47.8 Å². The Balaban J connectivity index is 3.04. The normalized spacial score (nSPS) is 10.6. The number of aromatic nitrogens is 1. The molecule has 0 amide bonds. The third kappa shape index (κ3) is 3.86. The van der Waals surface area contributed by atoms with Gasteiger partial charge in [0.25, 0.3) is 0 Å². The maximum atomic E-state index is 4.61. The molecule has 0 aromatic carbocycles. The molecule has 0 aliphatic carbocycles. The van der Waals surface area contributed by atoms with Crippen molar-refractivity contribution in [3.05, 3.63) is 36.0 Å². The highest BCUT2D eigenvalue weighted by Gasteiger charge is 2.11. The molecule has 1 aromatic rings. The Morgan fingerprint density at radius 3 is 2.71 bits per heavy atom. The second-order valence-corrected chi connectivity index (χ2v) is 4.54. The molecule has 94 valence electrons. The van der Waals surface area contributed by atoms with Crippen LogP contribution in [0.15, 0.2) is 24.8 Å². The number of aryl methyl sites for hydroxylation is 1. The lowest BCUT2D eigenvalue weighted by molar-refractivity contribution is 0.708. The van der Waals surface area contributed by atoms with E-state index in [1.54, 1.807) is 0 Å². The summed E-state index contributed by atoms with van der Waals surface area (Å²) in [5.74, 6) is 1.03. The Hall–Kier alpha value is -1.35. The fraction of sp³-hybridized carbons (Fsp3) is 0.500. The average Bonchev–Trinajstić information content (AvgIpc) is 2.25. The first kappa shape index (κ1) is 13.7. The second-order valence-electron chi connectivity index (χ2n) is 4.54. The molecular formula is C14H23N3. The summed E-state index contributed by atoms with van der Waals surface area (Å²) in [7, 11) is 1.96. The van der Waals surface area contributed by atoms with E-state index in [0.29, 0.717) is 6.04 Å². The van der Waals surface area contributed by atoms with Gasteiger partial charge in [0.1, 0.15) is 5.82 Å². The molecule has 0 atom stereocenters. The van der Waals surface area contributed by atoms with Gasteiger partial charge in [0.05, 0.1) is 0 Å². The van der Waals surface area contributed by atoms with Gasteiger partial charge in [-0.05, 0) is 45.5 Å². The molecule has 3 heteroatoms. The molecule has 17 heavy (non-hydrogen) atoms. The van der Waals surface area contributed by atoms with Gasteiger partial charge in [0, 0.05) is 24.8 Å². The monoisotopic (exact) mass is 233 g/mol. The van der Waals surface area contributed by atoms with Gasteiger partial charge in [0.15, 0.2) is 0 Å². The summed E-state index contributed by atoms with van der Waals surface area (Å²) in [6.45, 7) is 11.9. The zero-order valence-corrected chi connectivity index (χ0v) is 11.3. The molecule has 1 heterocycles. The van der Waals surface area contributed by atoms with Crippen molar-refractivity contribution in [2.75, 3.05) is 18.5 Å². The third-order valence-corrected chi connectivity index (χ3v) is 2.62. The Labute approximate surface area is 105 Å². The number of hydrogen-bond acceptors (Lipinski definition) is 3. The van der Waals surface area contributed by atoms with Crippen molar-refractivity contribution in [2.45, 2.75) is 33.4 Å². The predicted molar refractivity (Wildman–Crippen MR) is 74.4 cm³/mol. The maximum Gasteiger partial charge on any atom is 0.129 e. The Morgan fingerprint density at radius 1 is 1.47 bits per heavy atom. The summed E-state index contributed by atoms with van der Waals surface area (Å²) < 4.78 is 0. The minimum atomic E-state index is 0.421. The van der Waals surface area contributed by atoms with E-state index in [-0.39, 0.29) is 0 Å². The average molecular weight is 233 g/mol. The minimum absolute atomic E-state index is 0.421. The van der Waals surface area contributed by atoms with Gasteiger partial charge in [-0.2, -0.15) is 0 Å². The van der Waals surface area contributed by atoms with E-state index >= 15 is 0 Å². The van der Waals surface area contributed by atoms with E-state index in [1.807, 2.05) is 20.0 Å². The van der Waals surface area contributed by atoms with Crippen molar-refractivity contribution >= 4 is 5.82 Å². The van der Waals surface area contributed by atoms with Crippen LogP contribution in [-0.4, -0.2) is 24.6 Å². The molecule has 0 saturated heterocycles. The van der Waals surface area contributed by atoms with Crippen molar-refractivity contribution in [3.8, 4) is 0 Å². The van der Waals surface area contributed by atoms with Crippen LogP contribution in [0.4, 0.5) is 5.82 Å². The molecule has 1 aromatic heterocycles. The van der Waals surface area contributed by atoms with Crippen LogP contribution in [-0.2, 0) is 6.54 Å². The number of anilines is 1. The SMILES string of the molecule is C=CCN(c1cc(CNC)cc(C)n1)C(C)C. The Kier molecular flexibility index (Phi) is 5.16. The lowest BCUT2D eigenvalue weighted by Gasteiger charge is -2.27. The molecule has 0 bridgehead atoms. The van der Waals surface area contributed by atoms with Crippen LogP contribution in [0.1, 0.15) is 25.1 Å². The van der Waals surface area contributed by atoms with Gasteiger partial charge in [-0.25, -0.2) is 4.98 Å². The van der Waals surface area contributed by atoms with Crippen molar-refractivity contribution in [3.63, 3.8) is 0 Å². The van der Waals surface area contributed by atoms with E-state index in [9.17, 15) is 0 Å². The summed E-state index contributed by atoms with van der Waals surface area (Å²) in [6.07, 6.45) is 1.92. The molecule has 1 N–H and O–H groups in total. The number of hydrogen-bond donors (Lipinski definition) is 1. The summed E-state index contributed by atoms with van der Waals surface area (Å²) >= 11 is 0. The lowest BCUT2D eigenvalue weighted by atomic mass is 10.2. The van der Waals surface area contributed by atoms with Gasteiger partial charge in [0.2, 0.25) is 0 Å². The van der Waals surface area contributed by atoms with Crippen LogP contribution in [0.25, 0.3) is 0 Å². The summed E-state index contributed by atoms with van der Waals surface area (Å²) in [4.78, 5) is 6.86. The van der Waals surface area contributed by atoms with Crippen LogP contribution in [0.3, 0.4) is 0 Å². The van der Waals surface area contributed by atoms with E-state index in [4.69, 9.17) is 0 Å². The maximum absolute atomic E-state index is 4.61. The first-order valence-electron chi connectivity index (χ1n) is 6.08. The fourth-order valence-corrected chi connectivity index (χ4v) is 1.88. The van der Waals surface area contributed by atoms with Crippen molar-refractivity contribution in [1.82, 2.24) is 10.3 Å². The van der Waals surface area contributed by atoms with Gasteiger partial charge < -0.3 is 10.2 Å². The first-order chi connectivity index (χ1) is 8.08. The van der Waals surface area contributed by atoms with Gasteiger partial charge in [-0.15, -0.1) is 6.58 Å². The van der Waals surface area contributed by atoms with Crippen LogP contribution in [0.5, 0.6) is 0 Å². The van der Waals surface area contributed by atoms with Crippen LogP contribution in [0, 0.1) is 6.92 Å². The molecule has 0 saturated carbocycles. The quantitative estimate of drug-likeness (QED) is 0.765. The molecule has 0 spiro atoms. The Morgan fingerprint density at radius 2 is 2.18 bits per heavy atom. The number of rotatable bonds is 6. The van der Waals surface area contributed by atoms with Crippen molar-refractivity contribution in [2.24, 2.45) is 0 Å². The summed E-state index contributed by atoms with van der Waals surface area (Å²) in [5, 5.41) is 3.17. The smallest absolute Gasteiger partial charge is 0.129 e. The second kappa shape index (κ2) is 6.40. The molecule has 0 aliphatic rings. The topological polar surface area (TPSA) is 28.2 Å². The highest BCUT2D eigenvalue weighted by molar-refractivity contribution is 5.44. The zero-order valence-electron chi connectivity index (χ0n) is 11.3. The highest BCUT2D eigenvalue weighted by Crippen LogP contribution is 2.17. The van der Waals surface area contributed by atoms with Crippen molar-refractivity contribution < 1.29 is 0 Å². The minimum Gasteiger partial charge on any atom is -0.350 e. The van der Waals surface area contributed by atoms with Crippen LogP contribution in [0.2, 0.25) is 0 Å². The van der Waals surface area contributed by atoms with E-state index in [0.717, 1.165) is 24.6 Å². The molecule has 0 aliphatic heterocycles. The van der Waals surface area contributed by atoms with Crippen molar-refractivity contribution in [1.29, 1.82) is 0 Å². The highest BCUT2D eigenvalue weighted by atomic mass is 15.2.